The van der Waals surface area contributed by atoms with Crippen molar-refractivity contribution in [3.8, 4) is 11.3 Å². The molecule has 27 heavy (non-hydrogen) atoms. The Hall–Kier alpha value is -3.38. The fourth-order valence-corrected chi connectivity index (χ4v) is 3.06. The maximum atomic E-state index is 11.4. The Morgan fingerprint density at radius 2 is 1.93 bits per heavy atom. The Labute approximate surface area is 160 Å². The molecule has 0 fully saturated rings. The number of rotatable bonds is 4. The molecule has 1 amide bonds. The molecule has 4 aromatic rings. The van der Waals surface area contributed by atoms with Crippen molar-refractivity contribution in [3.05, 3.63) is 71.0 Å². The van der Waals surface area contributed by atoms with Gasteiger partial charge in [0, 0.05) is 27.4 Å². The highest BCUT2D eigenvalue weighted by atomic mass is 35.5. The van der Waals surface area contributed by atoms with Gasteiger partial charge in [0.2, 0.25) is 11.6 Å². The average molecular weight is 379 g/mol. The summed E-state index contributed by atoms with van der Waals surface area (Å²) in [6, 6.07) is 14.3. The van der Waals surface area contributed by atoms with Gasteiger partial charge in [-0.2, -0.15) is 0 Å². The maximum absolute atomic E-state index is 11.4. The number of hydrogen-bond acceptors (Lipinski definition) is 5. The normalized spacial score (nSPS) is 10.9. The van der Waals surface area contributed by atoms with E-state index in [1.807, 2.05) is 37.3 Å². The minimum Gasteiger partial charge on any atom is -0.437 e. The number of hydrogen-bond donors (Lipinski definition) is 2. The number of carbonyl (C=O) groups excluding carboxylic acids is 1. The lowest BCUT2D eigenvalue weighted by atomic mass is 10.1. The van der Waals surface area contributed by atoms with E-state index in [4.69, 9.17) is 21.8 Å². The molecule has 0 aliphatic rings. The van der Waals surface area contributed by atoms with Crippen molar-refractivity contribution in [3.63, 3.8) is 0 Å². The van der Waals surface area contributed by atoms with Gasteiger partial charge in [-0.25, -0.2) is 9.97 Å². The first-order valence-corrected chi connectivity index (χ1v) is 8.57. The van der Waals surface area contributed by atoms with Crippen LogP contribution in [0.4, 0.5) is 11.5 Å². The van der Waals surface area contributed by atoms with E-state index in [9.17, 15) is 4.79 Å². The molecular formula is C20H15ClN4O2. The zero-order valence-electron chi connectivity index (χ0n) is 14.4. The Kier molecular flexibility index (Phi) is 4.25. The van der Waals surface area contributed by atoms with E-state index in [1.165, 1.54) is 6.33 Å². The molecule has 7 heteroatoms. The fourth-order valence-electron chi connectivity index (χ4n) is 2.93. The minimum absolute atomic E-state index is 0.413. The Balaban J connectivity index is 1.79. The first-order valence-electron chi connectivity index (χ1n) is 8.20. The molecule has 0 saturated heterocycles. The number of nitrogens with one attached hydrogen (secondary N) is 1. The number of nitrogens with zero attached hydrogens (tertiary/aromatic N) is 2. The Morgan fingerprint density at radius 1 is 1.15 bits per heavy atom. The van der Waals surface area contributed by atoms with Gasteiger partial charge in [0.1, 0.15) is 17.9 Å². The summed E-state index contributed by atoms with van der Waals surface area (Å²) in [4.78, 5) is 20.0. The summed E-state index contributed by atoms with van der Waals surface area (Å²) in [6.07, 6.45) is 1.43. The molecule has 0 spiro atoms. The van der Waals surface area contributed by atoms with Gasteiger partial charge >= 0.3 is 0 Å². The molecule has 0 saturated carbocycles. The van der Waals surface area contributed by atoms with Crippen LogP contribution in [0.15, 0.2) is 59.3 Å². The van der Waals surface area contributed by atoms with Gasteiger partial charge in [-0.15, -0.1) is 0 Å². The number of primary amides is 1. The SMILES string of the molecule is Cc1c(-c2ccc(Cl)cc2)oc2ncnc(Nc3cccc(C(N)=O)c3)c12. The van der Waals surface area contributed by atoms with Crippen molar-refractivity contribution in [2.24, 2.45) is 5.73 Å². The third-order valence-corrected chi connectivity index (χ3v) is 4.50. The number of halogens is 1. The van der Waals surface area contributed by atoms with Crippen molar-refractivity contribution < 1.29 is 9.21 Å². The van der Waals surface area contributed by atoms with Crippen LogP contribution in [0.5, 0.6) is 0 Å². The molecular weight excluding hydrogens is 364 g/mol. The zero-order valence-corrected chi connectivity index (χ0v) is 15.1. The molecule has 134 valence electrons. The second-order valence-electron chi connectivity index (χ2n) is 6.04. The van der Waals surface area contributed by atoms with Crippen LogP contribution in [0.2, 0.25) is 5.02 Å². The van der Waals surface area contributed by atoms with E-state index >= 15 is 0 Å². The molecule has 2 aromatic heterocycles. The highest BCUT2D eigenvalue weighted by Crippen LogP contribution is 2.36. The molecule has 6 nitrogen and oxygen atoms in total. The monoisotopic (exact) mass is 378 g/mol. The number of fused-ring (bicyclic) bond motifs is 1. The van der Waals surface area contributed by atoms with Crippen molar-refractivity contribution >= 4 is 40.1 Å². The van der Waals surface area contributed by atoms with E-state index in [-0.39, 0.29) is 0 Å². The van der Waals surface area contributed by atoms with Crippen molar-refractivity contribution in [2.75, 3.05) is 5.32 Å². The second kappa shape index (κ2) is 6.74. The smallest absolute Gasteiger partial charge is 0.248 e. The van der Waals surface area contributed by atoms with Crippen molar-refractivity contribution in [2.45, 2.75) is 6.92 Å². The third kappa shape index (κ3) is 3.22. The molecule has 0 unspecified atom stereocenters. The molecule has 0 bridgehead atoms. The maximum Gasteiger partial charge on any atom is 0.248 e. The van der Waals surface area contributed by atoms with E-state index in [0.29, 0.717) is 33.6 Å². The van der Waals surface area contributed by atoms with Gasteiger partial charge in [0.25, 0.3) is 0 Å². The predicted molar refractivity (Wildman–Crippen MR) is 105 cm³/mol. The molecule has 2 heterocycles. The number of carbonyl (C=O) groups is 1. The summed E-state index contributed by atoms with van der Waals surface area (Å²) in [5.74, 6) is 0.801. The molecule has 3 N–H and O–H groups in total. The lowest BCUT2D eigenvalue weighted by Gasteiger charge is -2.07. The van der Waals surface area contributed by atoms with Gasteiger partial charge in [-0.05, 0) is 49.4 Å². The number of nitrogens with two attached hydrogens (primary N) is 1. The lowest BCUT2D eigenvalue weighted by Crippen LogP contribution is -2.10. The number of aryl methyl sites for hydroxylation is 1. The van der Waals surface area contributed by atoms with Crippen LogP contribution in [0.3, 0.4) is 0 Å². The van der Waals surface area contributed by atoms with E-state index in [0.717, 1.165) is 16.5 Å². The zero-order chi connectivity index (χ0) is 19.0. The third-order valence-electron chi connectivity index (χ3n) is 4.24. The molecule has 0 radical (unpaired) electrons. The van der Waals surface area contributed by atoms with Crippen LogP contribution in [0.25, 0.3) is 22.4 Å². The van der Waals surface area contributed by atoms with E-state index in [2.05, 4.69) is 15.3 Å². The number of furan rings is 1. The van der Waals surface area contributed by atoms with Crippen LogP contribution in [0.1, 0.15) is 15.9 Å². The Bertz CT molecular complexity index is 1150. The van der Waals surface area contributed by atoms with E-state index < -0.39 is 5.91 Å². The summed E-state index contributed by atoms with van der Waals surface area (Å²) in [6.45, 7) is 1.95. The highest BCUT2D eigenvalue weighted by molar-refractivity contribution is 6.30. The topological polar surface area (TPSA) is 94.0 Å². The summed E-state index contributed by atoms with van der Waals surface area (Å²) in [5, 5.41) is 4.64. The van der Waals surface area contributed by atoms with Crippen LogP contribution >= 0.6 is 11.6 Å². The number of aromatic nitrogens is 2. The van der Waals surface area contributed by atoms with Crippen molar-refractivity contribution in [1.29, 1.82) is 0 Å². The first-order chi connectivity index (χ1) is 13.0. The molecule has 4 rings (SSSR count). The number of benzene rings is 2. The minimum atomic E-state index is -0.490. The lowest BCUT2D eigenvalue weighted by molar-refractivity contribution is 0.100. The average Bonchev–Trinajstić information content (AvgIpc) is 3.00. The second-order valence-corrected chi connectivity index (χ2v) is 6.47. The molecule has 2 aromatic carbocycles. The number of anilines is 2. The van der Waals surface area contributed by atoms with Gasteiger partial charge in [0.05, 0.1) is 5.39 Å². The van der Waals surface area contributed by atoms with Gasteiger partial charge in [-0.3, -0.25) is 4.79 Å². The van der Waals surface area contributed by atoms with Gasteiger partial charge < -0.3 is 15.5 Å². The van der Waals surface area contributed by atoms with Crippen LogP contribution in [-0.2, 0) is 0 Å². The molecule has 0 aliphatic heterocycles. The number of amides is 1. The highest BCUT2D eigenvalue weighted by Gasteiger charge is 2.17. The fraction of sp³-hybridized carbons (Fsp3) is 0.0500. The van der Waals surface area contributed by atoms with E-state index in [1.54, 1.807) is 18.2 Å². The summed E-state index contributed by atoms with van der Waals surface area (Å²) in [7, 11) is 0. The van der Waals surface area contributed by atoms with Crippen LogP contribution in [-0.4, -0.2) is 15.9 Å². The standard InChI is InChI=1S/C20H15ClN4O2/c1-11-16-19(25-15-4-2-3-13(9-15)18(22)26)23-10-24-20(16)27-17(11)12-5-7-14(21)8-6-12/h2-10H,1H3,(H2,22,26)(H,23,24,25). The first kappa shape index (κ1) is 17.1. The van der Waals surface area contributed by atoms with Crippen molar-refractivity contribution in [1.82, 2.24) is 9.97 Å². The quantitative estimate of drug-likeness (QED) is 0.537. The van der Waals surface area contributed by atoms with Crippen LogP contribution in [0, 0.1) is 6.92 Å². The Morgan fingerprint density at radius 3 is 2.67 bits per heavy atom. The molecule has 0 aliphatic carbocycles. The predicted octanol–water partition coefficient (Wildman–Crippen LogP) is 4.69. The summed E-state index contributed by atoms with van der Waals surface area (Å²) >= 11 is 5.97. The van der Waals surface area contributed by atoms with Crippen LogP contribution < -0.4 is 11.1 Å². The van der Waals surface area contributed by atoms with Gasteiger partial charge in [-0.1, -0.05) is 17.7 Å². The summed E-state index contributed by atoms with van der Waals surface area (Å²) in [5.41, 5.74) is 8.74. The molecule has 0 atom stereocenters. The largest absolute Gasteiger partial charge is 0.437 e. The summed E-state index contributed by atoms with van der Waals surface area (Å²) < 4.78 is 5.96. The van der Waals surface area contributed by atoms with Gasteiger partial charge in [0.15, 0.2) is 0 Å².